The summed E-state index contributed by atoms with van der Waals surface area (Å²) >= 11 is 1.73. The van der Waals surface area contributed by atoms with Gasteiger partial charge in [-0.15, -0.1) is 11.3 Å². The van der Waals surface area contributed by atoms with Crippen molar-refractivity contribution in [3.63, 3.8) is 0 Å². The van der Waals surface area contributed by atoms with Gasteiger partial charge in [0.1, 0.15) is 0 Å². The van der Waals surface area contributed by atoms with Crippen LogP contribution in [0.25, 0.3) is 0 Å². The fraction of sp³-hybridized carbons (Fsp3) is 0.538. The Morgan fingerprint density at radius 2 is 2.27 bits per heavy atom. The highest BCUT2D eigenvalue weighted by atomic mass is 32.1. The summed E-state index contributed by atoms with van der Waals surface area (Å²) in [5, 5.41) is 12.2. The van der Waals surface area contributed by atoms with Crippen LogP contribution in [0, 0.1) is 0 Å². The molecule has 1 aromatic heterocycles. The van der Waals surface area contributed by atoms with E-state index in [1.54, 1.807) is 11.3 Å². The molecular formula is C13H18OS. The molecule has 0 saturated carbocycles. The number of hydrogen-bond donors (Lipinski definition) is 1. The molecule has 0 fully saturated rings. The third-order valence-corrected chi connectivity index (χ3v) is 3.88. The van der Waals surface area contributed by atoms with Crippen molar-refractivity contribution in [2.75, 3.05) is 0 Å². The molecule has 1 aromatic rings. The van der Waals surface area contributed by atoms with E-state index >= 15 is 0 Å². The number of thiophene rings is 1. The molecular weight excluding hydrogens is 204 g/mol. The van der Waals surface area contributed by atoms with E-state index in [1.165, 1.54) is 29.7 Å². The lowest BCUT2D eigenvalue weighted by Gasteiger charge is -2.12. The fourth-order valence-electron chi connectivity index (χ4n) is 2.09. The predicted molar refractivity (Wildman–Crippen MR) is 65.2 cm³/mol. The molecule has 0 aromatic carbocycles. The van der Waals surface area contributed by atoms with Gasteiger partial charge in [-0.05, 0) is 42.7 Å². The van der Waals surface area contributed by atoms with Gasteiger partial charge in [-0.1, -0.05) is 18.6 Å². The first-order chi connectivity index (χ1) is 7.36. The minimum atomic E-state index is -0.248. The van der Waals surface area contributed by atoms with Crippen LogP contribution >= 0.6 is 11.3 Å². The minimum absolute atomic E-state index is 0.248. The van der Waals surface area contributed by atoms with Crippen LogP contribution in [0.5, 0.6) is 0 Å². The van der Waals surface area contributed by atoms with E-state index in [1.807, 2.05) is 6.07 Å². The van der Waals surface area contributed by atoms with E-state index in [0.717, 1.165) is 19.3 Å². The van der Waals surface area contributed by atoms with Crippen LogP contribution in [-0.4, -0.2) is 11.2 Å². The van der Waals surface area contributed by atoms with Gasteiger partial charge in [-0.25, -0.2) is 0 Å². The standard InChI is InChI=1S/C13H18OS/c14-13(10-12-8-5-9-15-12)11-6-3-1-2-4-7-11/h5-6,8-9,13-14H,1-4,7,10H2. The molecule has 1 heterocycles. The largest absolute Gasteiger partial charge is 0.388 e. The Bertz CT molecular complexity index is 313. The molecule has 0 spiro atoms. The van der Waals surface area contributed by atoms with Crippen molar-refractivity contribution in [3.05, 3.63) is 34.0 Å². The van der Waals surface area contributed by atoms with E-state index in [2.05, 4.69) is 17.5 Å². The van der Waals surface area contributed by atoms with Gasteiger partial charge in [-0.2, -0.15) is 0 Å². The highest BCUT2D eigenvalue weighted by Gasteiger charge is 2.13. The monoisotopic (exact) mass is 222 g/mol. The summed E-state index contributed by atoms with van der Waals surface area (Å²) in [6.07, 6.45) is 8.88. The van der Waals surface area contributed by atoms with Crippen molar-refractivity contribution in [1.82, 2.24) is 0 Å². The molecule has 1 aliphatic rings. The number of aliphatic hydroxyl groups excluding tert-OH is 1. The van der Waals surface area contributed by atoms with Crippen molar-refractivity contribution in [2.24, 2.45) is 0 Å². The van der Waals surface area contributed by atoms with Crippen molar-refractivity contribution in [2.45, 2.75) is 44.6 Å². The van der Waals surface area contributed by atoms with Crippen LogP contribution in [0.3, 0.4) is 0 Å². The number of rotatable bonds is 3. The molecule has 0 radical (unpaired) electrons. The van der Waals surface area contributed by atoms with Crippen molar-refractivity contribution in [3.8, 4) is 0 Å². The van der Waals surface area contributed by atoms with Crippen LogP contribution in [0.2, 0.25) is 0 Å². The zero-order valence-corrected chi connectivity index (χ0v) is 9.80. The summed E-state index contributed by atoms with van der Waals surface area (Å²) in [6, 6.07) is 4.15. The Hall–Kier alpha value is -0.600. The highest BCUT2D eigenvalue weighted by Crippen LogP contribution is 2.23. The maximum absolute atomic E-state index is 10.1. The quantitative estimate of drug-likeness (QED) is 0.776. The van der Waals surface area contributed by atoms with Crippen LogP contribution in [0.1, 0.15) is 37.0 Å². The van der Waals surface area contributed by atoms with E-state index < -0.39 is 0 Å². The lowest BCUT2D eigenvalue weighted by molar-refractivity contribution is 0.207. The molecule has 1 aliphatic carbocycles. The third-order valence-electron chi connectivity index (χ3n) is 2.98. The smallest absolute Gasteiger partial charge is 0.0798 e. The van der Waals surface area contributed by atoms with Gasteiger partial charge in [0.2, 0.25) is 0 Å². The van der Waals surface area contributed by atoms with E-state index in [-0.39, 0.29) is 6.10 Å². The average molecular weight is 222 g/mol. The maximum Gasteiger partial charge on any atom is 0.0798 e. The Labute approximate surface area is 95.5 Å². The van der Waals surface area contributed by atoms with Gasteiger partial charge < -0.3 is 5.11 Å². The second-order valence-electron chi connectivity index (χ2n) is 4.18. The zero-order valence-electron chi connectivity index (χ0n) is 8.98. The van der Waals surface area contributed by atoms with Gasteiger partial charge in [0.15, 0.2) is 0 Å². The number of aliphatic hydroxyl groups is 1. The predicted octanol–water partition coefficient (Wildman–Crippen LogP) is 3.54. The normalized spacial score (nSPS) is 19.4. The minimum Gasteiger partial charge on any atom is -0.388 e. The second kappa shape index (κ2) is 5.47. The molecule has 2 heteroatoms. The first kappa shape index (κ1) is 10.9. The molecule has 1 atom stereocenters. The van der Waals surface area contributed by atoms with Gasteiger partial charge in [0.05, 0.1) is 6.10 Å². The average Bonchev–Trinajstić information content (AvgIpc) is 2.58. The second-order valence-corrected chi connectivity index (χ2v) is 5.21. The lowest BCUT2D eigenvalue weighted by Crippen LogP contribution is -2.12. The first-order valence-electron chi connectivity index (χ1n) is 5.75. The van der Waals surface area contributed by atoms with Crippen LogP contribution in [0.15, 0.2) is 29.2 Å². The van der Waals surface area contributed by atoms with Gasteiger partial charge in [-0.3, -0.25) is 0 Å². The molecule has 0 aliphatic heterocycles. The first-order valence-corrected chi connectivity index (χ1v) is 6.63. The van der Waals surface area contributed by atoms with Crippen LogP contribution in [-0.2, 0) is 6.42 Å². The third kappa shape index (κ3) is 3.18. The lowest BCUT2D eigenvalue weighted by atomic mass is 10.0. The Kier molecular flexibility index (Phi) is 3.98. The molecule has 0 saturated heterocycles. The molecule has 82 valence electrons. The van der Waals surface area contributed by atoms with Gasteiger partial charge in [0, 0.05) is 11.3 Å². The summed E-state index contributed by atoms with van der Waals surface area (Å²) < 4.78 is 0. The molecule has 1 nitrogen and oxygen atoms in total. The Morgan fingerprint density at radius 3 is 3.07 bits per heavy atom. The fourth-order valence-corrected chi connectivity index (χ4v) is 2.84. The SMILES string of the molecule is OC(Cc1cccs1)C1=CCCCCC1. The Morgan fingerprint density at radius 1 is 1.33 bits per heavy atom. The van der Waals surface area contributed by atoms with E-state index in [4.69, 9.17) is 0 Å². The van der Waals surface area contributed by atoms with Crippen LogP contribution < -0.4 is 0 Å². The van der Waals surface area contributed by atoms with Gasteiger partial charge in [0.25, 0.3) is 0 Å². The summed E-state index contributed by atoms with van der Waals surface area (Å²) in [6.45, 7) is 0. The van der Waals surface area contributed by atoms with Gasteiger partial charge >= 0.3 is 0 Å². The van der Waals surface area contributed by atoms with E-state index in [0.29, 0.717) is 0 Å². The Balaban J connectivity index is 1.94. The van der Waals surface area contributed by atoms with Crippen molar-refractivity contribution >= 4 is 11.3 Å². The molecule has 2 rings (SSSR count). The summed E-state index contributed by atoms with van der Waals surface area (Å²) in [5.74, 6) is 0. The summed E-state index contributed by atoms with van der Waals surface area (Å²) in [5.41, 5.74) is 1.26. The molecule has 0 bridgehead atoms. The van der Waals surface area contributed by atoms with Crippen molar-refractivity contribution in [1.29, 1.82) is 0 Å². The summed E-state index contributed by atoms with van der Waals surface area (Å²) in [4.78, 5) is 1.28. The molecule has 15 heavy (non-hydrogen) atoms. The zero-order chi connectivity index (χ0) is 10.5. The number of allylic oxidation sites excluding steroid dienone is 1. The highest BCUT2D eigenvalue weighted by molar-refractivity contribution is 7.09. The summed E-state index contributed by atoms with van der Waals surface area (Å²) in [7, 11) is 0. The number of hydrogen-bond acceptors (Lipinski definition) is 2. The van der Waals surface area contributed by atoms with Crippen LogP contribution in [0.4, 0.5) is 0 Å². The molecule has 1 unspecified atom stereocenters. The van der Waals surface area contributed by atoms with E-state index in [9.17, 15) is 5.11 Å². The molecule has 0 amide bonds. The van der Waals surface area contributed by atoms with Crippen molar-refractivity contribution < 1.29 is 5.11 Å². The molecule has 1 N–H and O–H groups in total. The topological polar surface area (TPSA) is 20.2 Å². The maximum atomic E-state index is 10.1.